The lowest BCUT2D eigenvalue weighted by atomic mass is 9.98. The zero-order valence-corrected chi connectivity index (χ0v) is 16.1. The largest absolute Gasteiger partial charge is 0.490 e. The fraction of sp³-hybridized carbons (Fsp3) is 0.476. The molecule has 2 aliphatic rings. The number of hydrogen-bond donors (Lipinski definition) is 1. The molecule has 1 N–H and O–H groups in total. The van der Waals surface area contributed by atoms with E-state index in [2.05, 4.69) is 16.3 Å². The molecule has 7 nitrogen and oxygen atoms in total. The van der Waals surface area contributed by atoms with Crippen LogP contribution in [0, 0.1) is 11.3 Å². The molecule has 1 fully saturated rings. The van der Waals surface area contributed by atoms with Gasteiger partial charge in [0, 0.05) is 37.9 Å². The lowest BCUT2D eigenvalue weighted by Gasteiger charge is -2.32. The Balaban J connectivity index is 1.39. The Morgan fingerprint density at radius 2 is 2.14 bits per heavy atom. The first-order valence-corrected chi connectivity index (χ1v) is 9.74. The van der Waals surface area contributed by atoms with Crippen molar-refractivity contribution in [2.24, 2.45) is 0 Å². The third kappa shape index (κ3) is 3.60. The summed E-state index contributed by atoms with van der Waals surface area (Å²) in [7, 11) is 0. The van der Waals surface area contributed by atoms with Gasteiger partial charge in [0.05, 0.1) is 29.5 Å². The van der Waals surface area contributed by atoms with Crippen molar-refractivity contribution >= 4 is 5.91 Å². The smallest absolute Gasteiger partial charge is 0.274 e. The van der Waals surface area contributed by atoms with Crippen LogP contribution in [0.4, 0.5) is 0 Å². The standard InChI is InChI=1S/C21H24N4O3/c1-13-10-18-19(14(2)27-13)23-24-20(18)21(26)25-8-6-16(7-9-25)28-17-5-3-4-15(11-17)12-22/h3-5,11,13-14,16H,6-10H2,1-2H3,(H,23,24)/t13-,14+/m1/s1. The molecule has 0 aliphatic carbocycles. The second kappa shape index (κ2) is 7.64. The minimum absolute atomic E-state index is 0.0243. The highest BCUT2D eigenvalue weighted by atomic mass is 16.5. The van der Waals surface area contributed by atoms with Gasteiger partial charge in [0.1, 0.15) is 11.9 Å². The van der Waals surface area contributed by atoms with Crippen molar-refractivity contribution < 1.29 is 14.3 Å². The van der Waals surface area contributed by atoms with Crippen molar-refractivity contribution in [3.8, 4) is 11.8 Å². The molecular weight excluding hydrogens is 356 g/mol. The molecule has 1 aromatic heterocycles. The summed E-state index contributed by atoms with van der Waals surface area (Å²) < 4.78 is 11.8. The normalized spacial score (nSPS) is 22.4. The van der Waals surface area contributed by atoms with Crippen molar-refractivity contribution in [2.75, 3.05) is 13.1 Å². The van der Waals surface area contributed by atoms with Crippen LogP contribution in [0.5, 0.6) is 5.75 Å². The van der Waals surface area contributed by atoms with Gasteiger partial charge in [-0.3, -0.25) is 9.89 Å². The Hall–Kier alpha value is -2.85. The number of nitrogens with zero attached hydrogens (tertiary/aromatic N) is 3. The highest BCUT2D eigenvalue weighted by Crippen LogP contribution is 2.31. The van der Waals surface area contributed by atoms with Crippen molar-refractivity contribution in [3.63, 3.8) is 0 Å². The fourth-order valence-corrected chi connectivity index (χ4v) is 4.01. The summed E-state index contributed by atoms with van der Waals surface area (Å²) in [4.78, 5) is 14.9. The van der Waals surface area contributed by atoms with Crippen molar-refractivity contribution in [1.82, 2.24) is 15.1 Å². The van der Waals surface area contributed by atoms with Gasteiger partial charge in [0.15, 0.2) is 5.69 Å². The molecule has 0 saturated carbocycles. The Bertz CT molecular complexity index is 909. The Kier molecular flexibility index (Phi) is 5.05. The number of aromatic amines is 1. The molecule has 0 bridgehead atoms. The van der Waals surface area contributed by atoms with Gasteiger partial charge in [-0.25, -0.2) is 0 Å². The number of carbonyl (C=O) groups is 1. The van der Waals surface area contributed by atoms with Gasteiger partial charge in [-0.05, 0) is 32.0 Å². The van der Waals surface area contributed by atoms with Gasteiger partial charge >= 0.3 is 0 Å². The molecular formula is C21H24N4O3. The predicted molar refractivity (Wildman–Crippen MR) is 102 cm³/mol. The molecule has 0 radical (unpaired) electrons. The van der Waals surface area contributed by atoms with E-state index < -0.39 is 0 Å². The van der Waals surface area contributed by atoms with E-state index >= 15 is 0 Å². The monoisotopic (exact) mass is 380 g/mol. The van der Waals surface area contributed by atoms with Crippen molar-refractivity contribution in [1.29, 1.82) is 5.26 Å². The number of hydrogen-bond acceptors (Lipinski definition) is 5. The number of piperidine rings is 1. The van der Waals surface area contributed by atoms with E-state index in [-0.39, 0.29) is 24.2 Å². The molecule has 2 aromatic rings. The molecule has 2 aliphatic heterocycles. The van der Waals surface area contributed by atoms with Crippen LogP contribution in [0.15, 0.2) is 24.3 Å². The molecule has 1 aromatic carbocycles. The SMILES string of the molecule is C[C@@H]1Cc2c(C(=O)N3CCC(Oc4cccc(C#N)c4)CC3)n[nH]c2[C@H](C)O1. The van der Waals surface area contributed by atoms with Gasteiger partial charge in [0.25, 0.3) is 5.91 Å². The first-order valence-electron chi connectivity index (χ1n) is 9.74. The lowest BCUT2D eigenvalue weighted by molar-refractivity contribution is -0.00704. The lowest BCUT2D eigenvalue weighted by Crippen LogP contribution is -2.42. The van der Waals surface area contributed by atoms with Crippen LogP contribution < -0.4 is 4.74 Å². The number of nitriles is 1. The molecule has 28 heavy (non-hydrogen) atoms. The number of ether oxygens (including phenoxy) is 2. The van der Waals surface area contributed by atoms with Gasteiger partial charge in [-0.2, -0.15) is 10.4 Å². The van der Waals surface area contributed by atoms with E-state index in [0.717, 1.165) is 24.1 Å². The molecule has 3 heterocycles. The number of H-pyrrole nitrogens is 1. The number of amides is 1. The average molecular weight is 380 g/mol. The summed E-state index contributed by atoms with van der Waals surface area (Å²) in [6, 6.07) is 9.30. The maximum Gasteiger partial charge on any atom is 0.274 e. The summed E-state index contributed by atoms with van der Waals surface area (Å²) in [5.74, 6) is 0.678. The third-order valence-electron chi connectivity index (χ3n) is 5.43. The zero-order valence-electron chi connectivity index (χ0n) is 16.1. The quantitative estimate of drug-likeness (QED) is 0.884. The second-order valence-electron chi connectivity index (χ2n) is 7.51. The average Bonchev–Trinajstić information content (AvgIpc) is 3.12. The van der Waals surface area contributed by atoms with Crippen LogP contribution in [0.25, 0.3) is 0 Å². The van der Waals surface area contributed by atoms with Gasteiger partial charge in [0.2, 0.25) is 0 Å². The number of aromatic nitrogens is 2. The summed E-state index contributed by atoms with van der Waals surface area (Å²) in [5.41, 5.74) is 3.01. The maximum absolute atomic E-state index is 13.0. The molecule has 146 valence electrons. The van der Waals surface area contributed by atoms with E-state index in [9.17, 15) is 4.79 Å². The van der Waals surface area contributed by atoms with Crippen LogP contribution in [-0.4, -0.2) is 46.3 Å². The predicted octanol–water partition coefficient (Wildman–Crippen LogP) is 2.99. The summed E-state index contributed by atoms with van der Waals surface area (Å²) in [6.45, 7) is 5.26. The Labute approximate surface area is 164 Å². The zero-order chi connectivity index (χ0) is 19.7. The van der Waals surface area contributed by atoms with Gasteiger partial charge in [-0.1, -0.05) is 6.07 Å². The van der Waals surface area contributed by atoms with Crippen molar-refractivity contribution in [3.05, 3.63) is 46.8 Å². The minimum Gasteiger partial charge on any atom is -0.490 e. The maximum atomic E-state index is 13.0. The van der Waals surface area contributed by atoms with Crippen LogP contribution in [-0.2, 0) is 11.2 Å². The number of fused-ring (bicyclic) bond motifs is 1. The highest BCUT2D eigenvalue weighted by Gasteiger charge is 2.33. The van der Waals surface area contributed by atoms with Gasteiger partial charge < -0.3 is 14.4 Å². The van der Waals surface area contributed by atoms with Crippen LogP contribution in [0.1, 0.15) is 60.1 Å². The molecule has 1 saturated heterocycles. The highest BCUT2D eigenvalue weighted by molar-refractivity contribution is 5.94. The number of rotatable bonds is 3. The van der Waals surface area contributed by atoms with E-state index in [4.69, 9.17) is 14.7 Å². The molecule has 4 rings (SSSR count). The molecule has 1 amide bonds. The third-order valence-corrected chi connectivity index (χ3v) is 5.43. The molecule has 0 unspecified atom stereocenters. The first kappa shape index (κ1) is 18.5. The number of nitrogens with one attached hydrogen (secondary N) is 1. The summed E-state index contributed by atoms with van der Waals surface area (Å²) in [5, 5.41) is 16.3. The number of likely N-dealkylation sites (tertiary alicyclic amines) is 1. The van der Waals surface area contributed by atoms with Gasteiger partial charge in [-0.15, -0.1) is 0 Å². The number of benzene rings is 1. The van der Waals surface area contributed by atoms with Crippen LogP contribution >= 0.6 is 0 Å². The van der Waals surface area contributed by atoms with E-state index in [1.54, 1.807) is 12.1 Å². The second-order valence-corrected chi connectivity index (χ2v) is 7.51. The van der Waals surface area contributed by atoms with Crippen LogP contribution in [0.2, 0.25) is 0 Å². The number of carbonyl (C=O) groups excluding carboxylic acids is 1. The van der Waals surface area contributed by atoms with Crippen molar-refractivity contribution in [2.45, 2.75) is 51.4 Å². The molecule has 2 atom stereocenters. The topological polar surface area (TPSA) is 91.2 Å². The Morgan fingerprint density at radius 1 is 1.36 bits per heavy atom. The first-order chi connectivity index (χ1) is 13.5. The molecule has 0 spiro atoms. The Morgan fingerprint density at radius 3 is 2.89 bits per heavy atom. The van der Waals surface area contributed by atoms with Crippen LogP contribution in [0.3, 0.4) is 0 Å². The summed E-state index contributed by atoms with van der Waals surface area (Å²) in [6.07, 6.45) is 2.26. The minimum atomic E-state index is -0.0730. The van der Waals surface area contributed by atoms with E-state index in [1.165, 1.54) is 0 Å². The molecule has 7 heteroatoms. The van der Waals surface area contributed by atoms with E-state index in [0.29, 0.717) is 36.5 Å². The van der Waals surface area contributed by atoms with E-state index in [1.807, 2.05) is 30.9 Å². The summed E-state index contributed by atoms with van der Waals surface area (Å²) >= 11 is 0. The fourth-order valence-electron chi connectivity index (χ4n) is 4.01.